The van der Waals surface area contributed by atoms with Crippen molar-refractivity contribution in [1.29, 1.82) is 0 Å². The first-order valence-electron chi connectivity index (χ1n) is 9.77. The lowest BCUT2D eigenvalue weighted by Gasteiger charge is -2.38. The summed E-state index contributed by atoms with van der Waals surface area (Å²) in [5.74, 6) is 2.22. The summed E-state index contributed by atoms with van der Waals surface area (Å²) in [7, 11) is 0. The van der Waals surface area contributed by atoms with E-state index in [4.69, 9.17) is 9.26 Å². The van der Waals surface area contributed by atoms with Crippen molar-refractivity contribution in [2.24, 2.45) is 5.92 Å². The Labute approximate surface area is 169 Å². The van der Waals surface area contributed by atoms with Crippen LogP contribution in [-0.4, -0.2) is 46.8 Å². The maximum Gasteiger partial charge on any atom is 0.317 e. The van der Waals surface area contributed by atoms with Crippen molar-refractivity contribution in [3.63, 3.8) is 0 Å². The second-order valence-corrected chi connectivity index (χ2v) is 7.54. The number of hydrogen-bond donors (Lipinski definition) is 1. The van der Waals surface area contributed by atoms with Gasteiger partial charge in [0.25, 0.3) is 5.89 Å². The minimum Gasteiger partial charge on any atom is -0.487 e. The highest BCUT2D eigenvalue weighted by Gasteiger charge is 2.32. The van der Waals surface area contributed by atoms with Gasteiger partial charge >= 0.3 is 6.03 Å². The summed E-state index contributed by atoms with van der Waals surface area (Å²) in [6.45, 7) is 6.02. The van der Waals surface area contributed by atoms with Gasteiger partial charge in [-0.1, -0.05) is 37.2 Å². The van der Waals surface area contributed by atoms with Gasteiger partial charge in [0.1, 0.15) is 11.9 Å². The first-order valence-corrected chi connectivity index (χ1v) is 9.77. The van der Waals surface area contributed by atoms with Gasteiger partial charge in [-0.2, -0.15) is 4.98 Å². The minimum atomic E-state index is -0.0276. The molecule has 1 saturated heterocycles. The van der Waals surface area contributed by atoms with E-state index in [1.54, 1.807) is 4.90 Å². The van der Waals surface area contributed by atoms with Crippen LogP contribution in [0.3, 0.4) is 0 Å². The second-order valence-electron chi connectivity index (χ2n) is 7.54. The number of hydrogen-bond acceptors (Lipinski definition) is 5. The van der Waals surface area contributed by atoms with E-state index in [0.29, 0.717) is 37.3 Å². The molecule has 2 aromatic carbocycles. The smallest absolute Gasteiger partial charge is 0.317 e. The number of carbonyl (C=O) groups excluding carboxylic acids is 1. The lowest BCUT2D eigenvalue weighted by Crippen LogP contribution is -2.59. The quantitative estimate of drug-likeness (QED) is 0.690. The Kier molecular flexibility index (Phi) is 5.46. The molecule has 1 N–H and O–H groups in total. The van der Waals surface area contributed by atoms with E-state index in [9.17, 15) is 4.79 Å². The maximum absolute atomic E-state index is 12.0. The summed E-state index contributed by atoms with van der Waals surface area (Å²) in [6, 6.07) is 17.2. The molecule has 0 spiro atoms. The van der Waals surface area contributed by atoms with Crippen molar-refractivity contribution in [2.45, 2.75) is 20.0 Å². The normalized spacial score (nSPS) is 14.0. The molecule has 0 saturated carbocycles. The average molecular weight is 392 g/mol. The third kappa shape index (κ3) is 4.56. The number of likely N-dealkylation sites (tertiary alicyclic amines) is 1. The molecular formula is C22H24N4O3. The predicted molar refractivity (Wildman–Crippen MR) is 109 cm³/mol. The number of amides is 2. The number of rotatable bonds is 6. The van der Waals surface area contributed by atoms with Crippen molar-refractivity contribution in [2.75, 3.05) is 19.6 Å². The first-order chi connectivity index (χ1) is 14.1. The zero-order chi connectivity index (χ0) is 20.2. The Hall–Kier alpha value is -3.35. The highest BCUT2D eigenvalue weighted by Crippen LogP contribution is 2.25. The highest BCUT2D eigenvalue weighted by atomic mass is 16.5. The van der Waals surface area contributed by atoms with Crippen LogP contribution in [0.1, 0.15) is 13.8 Å². The Morgan fingerprint density at radius 1 is 1.14 bits per heavy atom. The van der Waals surface area contributed by atoms with Crippen molar-refractivity contribution in [3.05, 3.63) is 54.6 Å². The summed E-state index contributed by atoms with van der Waals surface area (Å²) in [6.07, 6.45) is 0.0144. The Balaban J connectivity index is 1.31. The second kappa shape index (κ2) is 8.34. The summed E-state index contributed by atoms with van der Waals surface area (Å²) in [4.78, 5) is 18.2. The Morgan fingerprint density at radius 2 is 1.86 bits per heavy atom. The van der Waals surface area contributed by atoms with E-state index in [-0.39, 0.29) is 12.1 Å². The largest absolute Gasteiger partial charge is 0.487 e. The zero-order valence-electron chi connectivity index (χ0n) is 16.5. The van der Waals surface area contributed by atoms with Gasteiger partial charge in [-0.15, -0.1) is 0 Å². The van der Waals surface area contributed by atoms with Crippen molar-refractivity contribution in [3.8, 4) is 28.6 Å². The van der Waals surface area contributed by atoms with Gasteiger partial charge in [0.2, 0.25) is 5.82 Å². The molecule has 7 heteroatoms. The maximum atomic E-state index is 12.0. The molecule has 3 aromatic rings. The van der Waals surface area contributed by atoms with Gasteiger partial charge in [-0.05, 0) is 42.3 Å². The molecule has 0 unspecified atom stereocenters. The van der Waals surface area contributed by atoms with Gasteiger partial charge in [0.15, 0.2) is 0 Å². The summed E-state index contributed by atoms with van der Waals surface area (Å²) >= 11 is 0. The number of urea groups is 1. The van der Waals surface area contributed by atoms with Crippen LogP contribution in [0.5, 0.6) is 5.75 Å². The van der Waals surface area contributed by atoms with Crippen LogP contribution in [-0.2, 0) is 0 Å². The van der Waals surface area contributed by atoms with E-state index in [1.165, 1.54) is 0 Å². The molecule has 1 aliphatic heterocycles. The molecule has 1 fully saturated rings. The number of ether oxygens (including phenoxy) is 1. The molecular weight excluding hydrogens is 368 g/mol. The highest BCUT2D eigenvalue weighted by molar-refractivity contribution is 5.75. The SMILES string of the molecule is CC(C)CNC(=O)N1CC(Oc2ccc(-c3noc(-c4ccccc4)n3)cc2)C1. The van der Waals surface area contributed by atoms with Crippen LogP contribution in [0.25, 0.3) is 22.8 Å². The van der Waals surface area contributed by atoms with Gasteiger partial charge in [-0.25, -0.2) is 4.79 Å². The Bertz CT molecular complexity index is 948. The third-order valence-corrected chi connectivity index (χ3v) is 4.66. The molecule has 0 radical (unpaired) electrons. The van der Waals surface area contributed by atoms with Crippen LogP contribution in [0.15, 0.2) is 59.1 Å². The van der Waals surface area contributed by atoms with E-state index in [0.717, 1.165) is 16.9 Å². The van der Waals surface area contributed by atoms with Crippen molar-refractivity contribution >= 4 is 6.03 Å². The Morgan fingerprint density at radius 3 is 2.55 bits per heavy atom. The molecule has 0 atom stereocenters. The number of nitrogens with one attached hydrogen (secondary N) is 1. The topological polar surface area (TPSA) is 80.5 Å². The third-order valence-electron chi connectivity index (χ3n) is 4.66. The van der Waals surface area contributed by atoms with Crippen LogP contribution in [0, 0.1) is 5.92 Å². The van der Waals surface area contributed by atoms with Crippen molar-refractivity contribution in [1.82, 2.24) is 20.4 Å². The summed E-state index contributed by atoms with van der Waals surface area (Å²) < 4.78 is 11.3. The van der Waals surface area contributed by atoms with Crippen LogP contribution >= 0.6 is 0 Å². The minimum absolute atomic E-state index is 0.0144. The fourth-order valence-electron chi connectivity index (χ4n) is 3.00. The fourth-order valence-corrected chi connectivity index (χ4v) is 3.00. The molecule has 1 aliphatic rings. The summed E-state index contributed by atoms with van der Waals surface area (Å²) in [5, 5.41) is 6.98. The van der Waals surface area contributed by atoms with E-state index < -0.39 is 0 Å². The molecule has 4 rings (SSSR count). The van der Waals surface area contributed by atoms with E-state index >= 15 is 0 Å². The molecule has 1 aromatic heterocycles. The van der Waals surface area contributed by atoms with Crippen LogP contribution in [0.2, 0.25) is 0 Å². The number of benzene rings is 2. The van der Waals surface area contributed by atoms with Gasteiger partial charge in [0, 0.05) is 17.7 Å². The van der Waals surface area contributed by atoms with Crippen LogP contribution < -0.4 is 10.1 Å². The van der Waals surface area contributed by atoms with Crippen molar-refractivity contribution < 1.29 is 14.1 Å². The fraction of sp³-hybridized carbons (Fsp3) is 0.318. The van der Waals surface area contributed by atoms with E-state index in [2.05, 4.69) is 29.3 Å². The van der Waals surface area contributed by atoms with E-state index in [1.807, 2.05) is 54.6 Å². The molecule has 0 bridgehead atoms. The van der Waals surface area contributed by atoms with Crippen LogP contribution in [0.4, 0.5) is 4.79 Å². The molecule has 2 heterocycles. The lowest BCUT2D eigenvalue weighted by molar-refractivity contribution is 0.0443. The lowest BCUT2D eigenvalue weighted by atomic mass is 10.1. The number of aromatic nitrogens is 2. The van der Waals surface area contributed by atoms with Gasteiger partial charge in [-0.3, -0.25) is 0 Å². The predicted octanol–water partition coefficient (Wildman–Crippen LogP) is 3.83. The van der Waals surface area contributed by atoms with Gasteiger partial charge < -0.3 is 19.5 Å². The number of carbonyl (C=O) groups is 1. The molecule has 29 heavy (non-hydrogen) atoms. The molecule has 150 valence electrons. The molecule has 0 aliphatic carbocycles. The molecule has 2 amide bonds. The average Bonchev–Trinajstić information content (AvgIpc) is 3.20. The number of nitrogens with zero attached hydrogens (tertiary/aromatic N) is 3. The molecule has 7 nitrogen and oxygen atoms in total. The monoisotopic (exact) mass is 392 g/mol. The van der Waals surface area contributed by atoms with Gasteiger partial charge in [0.05, 0.1) is 13.1 Å². The first kappa shape index (κ1) is 19.0. The zero-order valence-corrected chi connectivity index (χ0v) is 16.5. The standard InChI is InChI=1S/C22H24N4O3/c1-15(2)12-23-22(27)26-13-19(14-26)28-18-10-8-16(9-11-18)20-24-21(29-25-20)17-6-4-3-5-7-17/h3-11,15,19H,12-14H2,1-2H3,(H,23,27). The summed E-state index contributed by atoms with van der Waals surface area (Å²) in [5.41, 5.74) is 1.74.